The summed E-state index contributed by atoms with van der Waals surface area (Å²) in [6, 6.07) is 15.1. The Morgan fingerprint density at radius 3 is 2.43 bits per heavy atom. The number of sulfonamides is 1. The van der Waals surface area contributed by atoms with Crippen LogP contribution in [0.25, 0.3) is 28.0 Å². The molecular formula is C26H26Cl2N6O2S. The molecule has 37 heavy (non-hydrogen) atoms. The first-order valence-corrected chi connectivity index (χ1v) is 14.7. The van der Waals surface area contributed by atoms with Crippen LogP contribution in [0.3, 0.4) is 0 Å². The molecule has 2 saturated heterocycles. The zero-order valence-electron chi connectivity index (χ0n) is 20.5. The summed E-state index contributed by atoms with van der Waals surface area (Å²) in [6.45, 7) is 4.78. The first-order valence-electron chi connectivity index (χ1n) is 12.3. The highest BCUT2D eigenvalue weighted by Crippen LogP contribution is 2.41. The Bertz CT molecular complexity index is 1610. The van der Waals surface area contributed by atoms with E-state index in [1.807, 2.05) is 62.4 Å². The molecule has 2 aromatic heterocycles. The molecule has 2 fully saturated rings. The number of benzene rings is 2. The number of halogens is 2. The van der Waals surface area contributed by atoms with Crippen LogP contribution in [0, 0.1) is 6.92 Å². The van der Waals surface area contributed by atoms with Gasteiger partial charge in [0.2, 0.25) is 16.0 Å². The van der Waals surface area contributed by atoms with Crippen LogP contribution >= 0.6 is 23.2 Å². The summed E-state index contributed by atoms with van der Waals surface area (Å²) in [6.07, 6.45) is 1.38. The molecular weight excluding hydrogens is 531 g/mol. The van der Waals surface area contributed by atoms with Crippen LogP contribution in [0.2, 0.25) is 10.0 Å². The second-order valence-corrected chi connectivity index (χ2v) is 12.5. The molecule has 0 amide bonds. The lowest BCUT2D eigenvalue weighted by Crippen LogP contribution is -2.50. The van der Waals surface area contributed by atoms with Gasteiger partial charge >= 0.3 is 0 Å². The van der Waals surface area contributed by atoms with Crippen molar-refractivity contribution in [2.45, 2.75) is 38.8 Å². The number of aryl methyl sites for hydroxylation is 1. The molecule has 0 saturated carbocycles. The largest absolute Gasteiger partial charge is 0.335 e. The molecule has 2 atom stereocenters. The number of fused-ring (bicyclic) bond motifs is 3. The lowest BCUT2D eigenvalue weighted by Gasteiger charge is -2.34. The van der Waals surface area contributed by atoms with Crippen LogP contribution in [0.15, 0.2) is 48.5 Å². The molecule has 0 radical (unpaired) electrons. The van der Waals surface area contributed by atoms with Gasteiger partial charge in [0, 0.05) is 35.8 Å². The van der Waals surface area contributed by atoms with Crippen LogP contribution in [-0.4, -0.2) is 63.2 Å². The summed E-state index contributed by atoms with van der Waals surface area (Å²) < 4.78 is 29.0. The smallest absolute Gasteiger partial charge is 0.230 e. The lowest BCUT2D eigenvalue weighted by atomic mass is 10.0. The Labute approximate surface area is 225 Å². The van der Waals surface area contributed by atoms with Crippen LogP contribution < -0.4 is 4.90 Å². The van der Waals surface area contributed by atoms with Crippen molar-refractivity contribution < 1.29 is 8.42 Å². The Morgan fingerprint density at radius 2 is 1.76 bits per heavy atom. The van der Waals surface area contributed by atoms with E-state index >= 15 is 0 Å². The second-order valence-electron chi connectivity index (χ2n) is 9.60. The third-order valence-corrected chi connectivity index (χ3v) is 9.78. The van der Waals surface area contributed by atoms with Gasteiger partial charge < -0.3 is 4.90 Å². The Morgan fingerprint density at radius 1 is 1.00 bits per heavy atom. The van der Waals surface area contributed by atoms with E-state index < -0.39 is 10.0 Å². The zero-order valence-corrected chi connectivity index (χ0v) is 22.8. The molecule has 0 unspecified atom stereocenters. The van der Waals surface area contributed by atoms with E-state index in [1.54, 1.807) is 8.82 Å². The highest BCUT2D eigenvalue weighted by atomic mass is 35.5. The summed E-state index contributed by atoms with van der Waals surface area (Å²) in [5.74, 6) is 1.45. The van der Waals surface area contributed by atoms with Gasteiger partial charge in [-0.1, -0.05) is 60.5 Å². The van der Waals surface area contributed by atoms with Crippen molar-refractivity contribution in [3.63, 3.8) is 0 Å². The highest BCUT2D eigenvalue weighted by molar-refractivity contribution is 7.89. The predicted molar refractivity (Wildman–Crippen MR) is 147 cm³/mol. The molecule has 8 nitrogen and oxygen atoms in total. The van der Waals surface area contributed by atoms with E-state index in [-0.39, 0.29) is 17.8 Å². The molecule has 2 aliphatic heterocycles. The van der Waals surface area contributed by atoms with Crippen LogP contribution in [-0.2, 0) is 10.0 Å². The fourth-order valence-corrected chi connectivity index (χ4v) is 7.63. The van der Waals surface area contributed by atoms with Crippen molar-refractivity contribution in [2.75, 3.05) is 23.7 Å². The van der Waals surface area contributed by atoms with E-state index in [0.717, 1.165) is 23.1 Å². The Balaban J connectivity index is 1.50. The third kappa shape index (κ3) is 4.18. The van der Waals surface area contributed by atoms with Gasteiger partial charge in [-0.25, -0.2) is 13.4 Å². The van der Waals surface area contributed by atoms with Crippen LogP contribution in [0.5, 0.6) is 0 Å². The minimum atomic E-state index is -3.25. The van der Waals surface area contributed by atoms with E-state index in [9.17, 15) is 8.42 Å². The minimum Gasteiger partial charge on any atom is -0.335 e. The maximum Gasteiger partial charge on any atom is 0.230 e. The molecule has 11 heteroatoms. The first kappa shape index (κ1) is 24.6. The maximum absolute atomic E-state index is 12.8. The predicted octanol–water partition coefficient (Wildman–Crippen LogP) is 5.08. The van der Waals surface area contributed by atoms with Crippen molar-refractivity contribution in [3.8, 4) is 22.4 Å². The fraction of sp³-hybridized carbons (Fsp3) is 0.346. The van der Waals surface area contributed by atoms with Crippen molar-refractivity contribution in [2.24, 2.45) is 0 Å². The van der Waals surface area contributed by atoms with Gasteiger partial charge in [0.15, 0.2) is 5.65 Å². The zero-order chi connectivity index (χ0) is 25.9. The van der Waals surface area contributed by atoms with Gasteiger partial charge in [0.25, 0.3) is 0 Å². The summed E-state index contributed by atoms with van der Waals surface area (Å²) >= 11 is 12.8. The Kier molecular flexibility index (Phi) is 6.14. The standard InChI is InChI=1S/C26H26Cl2N6O2S/c1-3-12-37(35,36)33-15-19-13-20(33)14-32(19)26-30-16(2)29-25-23(17-8-10-18(27)11-9-17)24(31-34(25)26)21-6-4-5-7-22(21)28/h4-11,19-20H,3,12-15H2,1-2H3/t19-,20-/m0/s1. The van der Waals surface area contributed by atoms with Crippen LogP contribution in [0.4, 0.5) is 5.95 Å². The number of hydrogen-bond acceptors (Lipinski definition) is 6. The number of hydrogen-bond donors (Lipinski definition) is 0. The molecule has 2 bridgehead atoms. The average Bonchev–Trinajstić information content (AvgIpc) is 3.57. The molecule has 192 valence electrons. The molecule has 0 spiro atoms. The van der Waals surface area contributed by atoms with E-state index in [2.05, 4.69) is 4.90 Å². The van der Waals surface area contributed by atoms with Crippen LogP contribution in [0.1, 0.15) is 25.6 Å². The van der Waals surface area contributed by atoms with Crippen molar-refractivity contribution in [3.05, 3.63) is 64.4 Å². The van der Waals surface area contributed by atoms with Crippen molar-refractivity contribution in [1.82, 2.24) is 23.9 Å². The second kappa shape index (κ2) is 9.23. The minimum absolute atomic E-state index is 0.0288. The quantitative estimate of drug-likeness (QED) is 0.329. The Hall–Kier alpha value is -2.72. The van der Waals surface area contributed by atoms with E-state index in [0.29, 0.717) is 52.7 Å². The fourth-order valence-electron chi connectivity index (χ4n) is 5.52. The monoisotopic (exact) mass is 556 g/mol. The summed E-state index contributed by atoms with van der Waals surface area (Å²) in [5.41, 5.74) is 3.91. The van der Waals surface area contributed by atoms with Gasteiger partial charge in [-0.15, -0.1) is 0 Å². The number of nitrogens with zero attached hydrogens (tertiary/aromatic N) is 6. The molecule has 2 aromatic carbocycles. The van der Waals surface area contributed by atoms with Gasteiger partial charge in [-0.3, -0.25) is 0 Å². The summed E-state index contributed by atoms with van der Waals surface area (Å²) in [7, 11) is -3.25. The van der Waals surface area contributed by atoms with E-state index in [1.165, 1.54) is 0 Å². The SMILES string of the molecule is CCCS(=O)(=O)N1C[C@@H]2C[C@H]1CN2c1nc(C)nc2c(-c3ccc(Cl)cc3)c(-c3ccccc3Cl)nn12. The van der Waals surface area contributed by atoms with Gasteiger partial charge in [-0.2, -0.15) is 18.9 Å². The number of aromatic nitrogens is 4. The highest BCUT2D eigenvalue weighted by Gasteiger charge is 2.49. The topological polar surface area (TPSA) is 83.7 Å². The number of anilines is 1. The van der Waals surface area contributed by atoms with E-state index in [4.69, 9.17) is 38.3 Å². The summed E-state index contributed by atoms with van der Waals surface area (Å²) in [4.78, 5) is 11.8. The molecule has 4 heterocycles. The van der Waals surface area contributed by atoms with Gasteiger partial charge in [0.05, 0.1) is 16.3 Å². The first-order chi connectivity index (χ1) is 17.8. The molecule has 6 rings (SSSR count). The molecule has 0 aliphatic carbocycles. The number of piperazine rings is 1. The molecule has 2 aliphatic rings. The van der Waals surface area contributed by atoms with Crippen molar-refractivity contribution >= 4 is 44.8 Å². The van der Waals surface area contributed by atoms with Gasteiger partial charge in [0.1, 0.15) is 11.5 Å². The normalized spacial score (nSPS) is 19.8. The third-order valence-electron chi connectivity index (χ3n) is 7.11. The molecule has 0 N–H and O–H groups in total. The molecule has 4 aromatic rings. The number of rotatable bonds is 6. The lowest BCUT2D eigenvalue weighted by molar-refractivity contribution is 0.366. The van der Waals surface area contributed by atoms with Crippen molar-refractivity contribution in [1.29, 1.82) is 0 Å². The summed E-state index contributed by atoms with van der Waals surface area (Å²) in [5, 5.41) is 6.24. The maximum atomic E-state index is 12.8. The van der Waals surface area contributed by atoms with Gasteiger partial charge in [-0.05, 0) is 43.5 Å². The average molecular weight is 558 g/mol.